The van der Waals surface area contributed by atoms with Crippen molar-refractivity contribution >= 4 is 0 Å². The van der Waals surface area contributed by atoms with Crippen molar-refractivity contribution in [2.24, 2.45) is 5.41 Å². The molecule has 3 aliphatic heterocycles. The summed E-state index contributed by atoms with van der Waals surface area (Å²) in [6.07, 6.45) is 0.627. The number of epoxide rings is 1. The second kappa shape index (κ2) is 3.65. The van der Waals surface area contributed by atoms with Crippen LogP contribution in [0.25, 0.3) is 0 Å². The van der Waals surface area contributed by atoms with Gasteiger partial charge in [0, 0.05) is 5.41 Å². The number of rotatable bonds is 2. The zero-order valence-electron chi connectivity index (χ0n) is 9.73. The number of fused-ring (bicyclic) bond motifs is 1. The van der Waals surface area contributed by atoms with Crippen molar-refractivity contribution in [2.45, 2.75) is 45.2 Å². The normalized spacial score (nSPS) is 39.4. The number of hydrogen-bond acceptors (Lipinski definition) is 5. The maximum atomic E-state index is 5.65. The minimum absolute atomic E-state index is 0.0712. The molecule has 3 rings (SSSR count). The summed E-state index contributed by atoms with van der Waals surface area (Å²) in [6, 6.07) is 0. The molecule has 0 N–H and O–H groups in total. The molecule has 0 aliphatic carbocycles. The van der Waals surface area contributed by atoms with E-state index in [4.69, 9.17) is 23.7 Å². The second-order valence-corrected chi connectivity index (χ2v) is 4.76. The molecule has 0 amide bonds. The first-order valence-electron chi connectivity index (χ1n) is 5.96. The average Bonchev–Trinajstić information content (AvgIpc) is 3.09. The van der Waals surface area contributed by atoms with Crippen LogP contribution >= 0.6 is 0 Å². The highest BCUT2D eigenvalue weighted by molar-refractivity contribution is 4.84. The van der Waals surface area contributed by atoms with Crippen molar-refractivity contribution in [1.29, 1.82) is 0 Å². The van der Waals surface area contributed by atoms with E-state index in [2.05, 4.69) is 13.8 Å². The van der Waals surface area contributed by atoms with Crippen LogP contribution in [0.1, 0.15) is 26.7 Å². The van der Waals surface area contributed by atoms with Crippen LogP contribution in [0.5, 0.6) is 0 Å². The van der Waals surface area contributed by atoms with Crippen LogP contribution in [-0.2, 0) is 23.7 Å². The summed E-state index contributed by atoms with van der Waals surface area (Å²) in [5.41, 5.74) is 0.0965. The van der Waals surface area contributed by atoms with Crippen LogP contribution < -0.4 is 0 Å². The predicted octanol–water partition coefficient (Wildman–Crippen LogP) is 1.22. The molecule has 0 aromatic carbocycles. The molecule has 5 heteroatoms. The smallest absolute Gasteiger partial charge is 0.339 e. The third-order valence-corrected chi connectivity index (χ3v) is 3.83. The Hall–Kier alpha value is -0.200. The highest BCUT2D eigenvalue weighted by atomic mass is 17.1. The zero-order valence-corrected chi connectivity index (χ0v) is 9.73. The first-order chi connectivity index (χ1) is 7.71. The van der Waals surface area contributed by atoms with Crippen molar-refractivity contribution in [1.82, 2.24) is 0 Å². The molecule has 3 saturated heterocycles. The third-order valence-electron chi connectivity index (χ3n) is 3.83. The van der Waals surface area contributed by atoms with E-state index in [1.165, 1.54) is 0 Å². The summed E-state index contributed by atoms with van der Waals surface area (Å²) < 4.78 is 27.4. The molecule has 2 atom stereocenters. The van der Waals surface area contributed by atoms with Crippen LogP contribution in [-0.4, -0.2) is 38.4 Å². The molecule has 0 aromatic heterocycles. The molecule has 3 aliphatic rings. The van der Waals surface area contributed by atoms with Crippen molar-refractivity contribution in [2.75, 3.05) is 19.8 Å². The molecule has 16 heavy (non-hydrogen) atoms. The molecule has 92 valence electrons. The lowest BCUT2D eigenvalue weighted by molar-refractivity contribution is -0.537. The fourth-order valence-electron chi connectivity index (χ4n) is 2.08. The minimum atomic E-state index is -1.30. The van der Waals surface area contributed by atoms with Gasteiger partial charge >= 0.3 is 6.16 Å². The summed E-state index contributed by atoms with van der Waals surface area (Å²) in [6.45, 7) is 6.00. The van der Waals surface area contributed by atoms with Crippen molar-refractivity contribution in [3.63, 3.8) is 0 Å². The van der Waals surface area contributed by atoms with Gasteiger partial charge in [0.25, 0.3) is 0 Å². The molecule has 5 nitrogen and oxygen atoms in total. The Balaban J connectivity index is 1.64. The molecule has 0 radical (unpaired) electrons. The van der Waals surface area contributed by atoms with Gasteiger partial charge in [0.15, 0.2) is 6.29 Å². The summed E-state index contributed by atoms with van der Waals surface area (Å²) in [5.74, 6) is 0. The summed E-state index contributed by atoms with van der Waals surface area (Å²) in [5, 5.41) is 0. The van der Waals surface area contributed by atoms with Gasteiger partial charge in [0.1, 0.15) is 6.10 Å². The number of ether oxygens (including phenoxy) is 5. The van der Waals surface area contributed by atoms with Gasteiger partial charge in [0.05, 0.1) is 19.8 Å². The summed E-state index contributed by atoms with van der Waals surface area (Å²) in [4.78, 5) is 0. The van der Waals surface area contributed by atoms with Gasteiger partial charge in [-0.25, -0.2) is 0 Å². The van der Waals surface area contributed by atoms with Gasteiger partial charge in [-0.05, 0) is 12.8 Å². The lowest BCUT2D eigenvalue weighted by Crippen LogP contribution is -2.55. The zero-order chi connectivity index (χ0) is 11.2. The molecule has 0 bridgehead atoms. The average molecular weight is 230 g/mol. The lowest BCUT2D eigenvalue weighted by Gasteiger charge is -2.44. The van der Waals surface area contributed by atoms with Crippen LogP contribution in [0.3, 0.4) is 0 Å². The fourth-order valence-corrected chi connectivity index (χ4v) is 2.08. The van der Waals surface area contributed by atoms with E-state index in [0.29, 0.717) is 19.8 Å². The third kappa shape index (κ3) is 1.67. The van der Waals surface area contributed by atoms with Gasteiger partial charge in [-0.3, -0.25) is 4.74 Å². The van der Waals surface area contributed by atoms with Gasteiger partial charge in [-0.2, -0.15) is 0 Å². The summed E-state index contributed by atoms with van der Waals surface area (Å²) in [7, 11) is 0. The SMILES string of the molecule is CCC1(CC)COC2(OCC3OC3O2)OC1. The Kier molecular flexibility index (Phi) is 2.49. The van der Waals surface area contributed by atoms with Crippen LogP contribution in [0.4, 0.5) is 0 Å². The van der Waals surface area contributed by atoms with Crippen LogP contribution in [0.15, 0.2) is 0 Å². The highest BCUT2D eigenvalue weighted by Gasteiger charge is 2.58. The molecule has 2 unspecified atom stereocenters. The maximum Gasteiger partial charge on any atom is 0.415 e. The van der Waals surface area contributed by atoms with Crippen molar-refractivity contribution < 1.29 is 23.7 Å². The molecular formula is C11H18O5. The molecule has 0 aromatic rings. The van der Waals surface area contributed by atoms with Crippen molar-refractivity contribution in [3.05, 3.63) is 0 Å². The molecule has 0 saturated carbocycles. The topological polar surface area (TPSA) is 49.5 Å². The second-order valence-electron chi connectivity index (χ2n) is 4.76. The molecule has 3 fully saturated rings. The monoisotopic (exact) mass is 230 g/mol. The van der Waals surface area contributed by atoms with E-state index in [9.17, 15) is 0 Å². The predicted molar refractivity (Wildman–Crippen MR) is 53.3 cm³/mol. The molecular weight excluding hydrogens is 212 g/mol. The largest absolute Gasteiger partial charge is 0.415 e. The molecule has 1 spiro atoms. The molecule has 3 heterocycles. The van der Waals surface area contributed by atoms with E-state index < -0.39 is 6.16 Å². The van der Waals surface area contributed by atoms with E-state index in [0.717, 1.165) is 12.8 Å². The first-order valence-corrected chi connectivity index (χ1v) is 5.96. The first kappa shape index (κ1) is 10.9. The van der Waals surface area contributed by atoms with Crippen LogP contribution in [0, 0.1) is 5.41 Å². The number of hydrogen-bond donors (Lipinski definition) is 0. The Morgan fingerprint density at radius 3 is 2.31 bits per heavy atom. The van der Waals surface area contributed by atoms with Gasteiger partial charge in [-0.15, -0.1) is 0 Å². The van der Waals surface area contributed by atoms with Crippen LogP contribution in [0.2, 0.25) is 0 Å². The van der Waals surface area contributed by atoms with E-state index in [1.807, 2.05) is 0 Å². The van der Waals surface area contributed by atoms with Gasteiger partial charge < -0.3 is 18.9 Å². The Bertz CT molecular complexity index is 266. The Morgan fingerprint density at radius 1 is 1.06 bits per heavy atom. The van der Waals surface area contributed by atoms with E-state index >= 15 is 0 Å². The maximum absolute atomic E-state index is 5.65. The van der Waals surface area contributed by atoms with Gasteiger partial charge in [-0.1, -0.05) is 13.8 Å². The Labute approximate surface area is 94.9 Å². The minimum Gasteiger partial charge on any atom is -0.339 e. The Morgan fingerprint density at radius 2 is 1.75 bits per heavy atom. The fraction of sp³-hybridized carbons (Fsp3) is 1.00. The van der Waals surface area contributed by atoms with Crippen molar-refractivity contribution in [3.8, 4) is 0 Å². The summed E-state index contributed by atoms with van der Waals surface area (Å²) >= 11 is 0. The standard InChI is InChI=1S/C11H18O5/c1-3-10(4-2)6-13-11(14-7-10)12-5-8-9(15-8)16-11/h8-9H,3-7H2,1-2H3. The van der Waals surface area contributed by atoms with Gasteiger partial charge in [0.2, 0.25) is 0 Å². The van der Waals surface area contributed by atoms with E-state index in [-0.39, 0.29) is 17.8 Å². The van der Waals surface area contributed by atoms with E-state index in [1.54, 1.807) is 0 Å². The quantitative estimate of drug-likeness (QED) is 0.668. The highest BCUT2D eigenvalue weighted by Crippen LogP contribution is 2.42. The lowest BCUT2D eigenvalue weighted by atomic mass is 9.84.